The van der Waals surface area contributed by atoms with E-state index in [0.29, 0.717) is 18.5 Å². The maximum atomic E-state index is 12.8. The predicted octanol–water partition coefficient (Wildman–Crippen LogP) is 1.44. The number of carbonyl (C=O) groups excluding carboxylic acids is 3. The lowest BCUT2D eigenvalue weighted by Gasteiger charge is -2.25. The number of hydrogen-bond acceptors (Lipinski definition) is 4. The lowest BCUT2D eigenvalue weighted by molar-refractivity contribution is -0.125. The van der Waals surface area contributed by atoms with Crippen LogP contribution >= 0.6 is 0 Å². The van der Waals surface area contributed by atoms with E-state index in [1.165, 1.54) is 7.05 Å². The summed E-state index contributed by atoms with van der Waals surface area (Å²) in [5, 5.41) is 11.5. The topological polar surface area (TPSA) is 86.7 Å². The summed E-state index contributed by atoms with van der Waals surface area (Å²) in [7, 11) is 1.54. The first-order valence-electron chi connectivity index (χ1n) is 8.81. The second-order valence-electron chi connectivity index (χ2n) is 6.28. The third-order valence-electron chi connectivity index (χ3n) is 4.68. The molecule has 136 valence electrons. The van der Waals surface area contributed by atoms with Crippen LogP contribution in [-0.2, 0) is 22.6 Å². The van der Waals surface area contributed by atoms with Gasteiger partial charge in [0.25, 0.3) is 5.91 Å². The number of amides is 2. The molecule has 1 atom stereocenters. The van der Waals surface area contributed by atoms with Crippen LogP contribution in [0.15, 0.2) is 18.2 Å². The molecule has 6 nitrogen and oxygen atoms in total. The second-order valence-corrected chi connectivity index (χ2v) is 6.28. The molecule has 1 unspecified atom stereocenters. The van der Waals surface area contributed by atoms with Gasteiger partial charge in [0.15, 0.2) is 0 Å². The number of nitrogens with one attached hydrogen (secondary N) is 1. The van der Waals surface area contributed by atoms with Crippen LogP contribution < -0.4 is 5.32 Å². The van der Waals surface area contributed by atoms with Gasteiger partial charge in [0, 0.05) is 32.2 Å². The quantitative estimate of drug-likeness (QED) is 0.496. The van der Waals surface area contributed by atoms with Gasteiger partial charge in [-0.1, -0.05) is 18.6 Å². The number of benzene rings is 1. The molecule has 2 N–H and O–H groups in total. The number of fused-ring (bicyclic) bond motifs is 1. The highest BCUT2D eigenvalue weighted by Gasteiger charge is 2.36. The standard InChI is InChI=1S/C19H26N2O4/c1-20-18(24)17(10-6-12-23)21-13-16-14(7-3-2-4-11-22)8-5-9-15(16)19(21)25/h5,8-9,12,17,22H,2-4,6-7,10-11,13H2,1H3,(H,20,24). The van der Waals surface area contributed by atoms with Crippen LogP contribution in [0.5, 0.6) is 0 Å². The third kappa shape index (κ3) is 4.45. The number of likely N-dealkylation sites (N-methyl/N-ethyl adjacent to an activating group) is 1. The Kier molecular flexibility index (Phi) is 7.13. The molecule has 0 radical (unpaired) electrons. The fourth-order valence-electron chi connectivity index (χ4n) is 3.33. The summed E-state index contributed by atoms with van der Waals surface area (Å²) in [6.45, 7) is 0.602. The van der Waals surface area contributed by atoms with Crippen molar-refractivity contribution in [1.82, 2.24) is 10.2 Å². The van der Waals surface area contributed by atoms with Crippen molar-refractivity contribution in [2.75, 3.05) is 13.7 Å². The van der Waals surface area contributed by atoms with E-state index in [-0.39, 0.29) is 24.8 Å². The van der Waals surface area contributed by atoms with Gasteiger partial charge in [0.2, 0.25) is 5.91 Å². The van der Waals surface area contributed by atoms with E-state index in [0.717, 1.165) is 43.1 Å². The van der Waals surface area contributed by atoms with Crippen LogP contribution in [0.2, 0.25) is 0 Å². The first kappa shape index (κ1) is 19.1. The predicted molar refractivity (Wildman–Crippen MR) is 94.1 cm³/mol. The number of rotatable bonds is 10. The minimum absolute atomic E-state index is 0.147. The number of carbonyl (C=O) groups is 3. The number of aldehydes is 1. The van der Waals surface area contributed by atoms with Gasteiger partial charge in [-0.25, -0.2) is 0 Å². The SMILES string of the molecule is CNC(=O)C(CCC=O)N1Cc2c(CCCCCO)cccc2C1=O. The summed E-state index contributed by atoms with van der Waals surface area (Å²) in [6.07, 6.45) is 4.87. The van der Waals surface area contributed by atoms with Gasteiger partial charge >= 0.3 is 0 Å². The van der Waals surface area contributed by atoms with Crippen molar-refractivity contribution in [3.05, 3.63) is 34.9 Å². The summed E-state index contributed by atoms with van der Waals surface area (Å²) in [6, 6.07) is 5.07. The molecule has 1 heterocycles. The molecule has 6 heteroatoms. The number of aryl methyl sites for hydroxylation is 1. The Balaban J connectivity index is 2.17. The van der Waals surface area contributed by atoms with E-state index in [4.69, 9.17) is 5.11 Å². The lowest BCUT2D eigenvalue weighted by atomic mass is 9.98. The molecular weight excluding hydrogens is 320 g/mol. The molecule has 1 aliphatic rings. The summed E-state index contributed by atoms with van der Waals surface area (Å²) in [5.41, 5.74) is 2.76. The number of nitrogens with zero attached hydrogens (tertiary/aromatic N) is 1. The molecule has 0 spiro atoms. The van der Waals surface area contributed by atoms with Crippen molar-refractivity contribution in [2.24, 2.45) is 0 Å². The average Bonchev–Trinajstić information content (AvgIpc) is 2.96. The Hall–Kier alpha value is -2.21. The Bertz CT molecular complexity index is 630. The Morgan fingerprint density at radius 3 is 2.84 bits per heavy atom. The van der Waals surface area contributed by atoms with Crippen molar-refractivity contribution in [2.45, 2.75) is 51.1 Å². The summed E-state index contributed by atoms with van der Waals surface area (Å²) in [4.78, 5) is 37.2. The van der Waals surface area contributed by atoms with Crippen LogP contribution in [0, 0.1) is 0 Å². The molecule has 1 aromatic carbocycles. The van der Waals surface area contributed by atoms with Crippen molar-refractivity contribution in [3.63, 3.8) is 0 Å². The Labute approximate surface area is 148 Å². The number of unbranched alkanes of at least 4 members (excludes halogenated alkanes) is 2. The molecular formula is C19H26N2O4. The smallest absolute Gasteiger partial charge is 0.255 e. The van der Waals surface area contributed by atoms with Gasteiger partial charge in [0.1, 0.15) is 12.3 Å². The third-order valence-corrected chi connectivity index (χ3v) is 4.68. The molecule has 0 bridgehead atoms. The first-order chi connectivity index (χ1) is 12.1. The van der Waals surface area contributed by atoms with Gasteiger partial charge in [0.05, 0.1) is 0 Å². The highest BCUT2D eigenvalue weighted by atomic mass is 16.3. The van der Waals surface area contributed by atoms with E-state index >= 15 is 0 Å². The molecule has 0 saturated heterocycles. The van der Waals surface area contributed by atoms with Crippen molar-refractivity contribution in [3.8, 4) is 0 Å². The minimum Gasteiger partial charge on any atom is -0.396 e. The summed E-state index contributed by atoms with van der Waals surface area (Å²) >= 11 is 0. The minimum atomic E-state index is -0.627. The summed E-state index contributed by atoms with van der Waals surface area (Å²) in [5.74, 6) is -0.390. The van der Waals surface area contributed by atoms with Gasteiger partial charge in [-0.3, -0.25) is 9.59 Å². The lowest BCUT2D eigenvalue weighted by Crippen LogP contribution is -2.46. The van der Waals surface area contributed by atoms with E-state index < -0.39 is 6.04 Å². The van der Waals surface area contributed by atoms with Gasteiger partial charge < -0.3 is 20.1 Å². The van der Waals surface area contributed by atoms with E-state index in [2.05, 4.69) is 5.32 Å². The molecule has 0 aromatic heterocycles. The summed E-state index contributed by atoms with van der Waals surface area (Å²) < 4.78 is 0. The normalized spacial score (nSPS) is 14.3. The van der Waals surface area contributed by atoms with Gasteiger partial charge in [-0.15, -0.1) is 0 Å². The van der Waals surface area contributed by atoms with Crippen LogP contribution in [0.25, 0.3) is 0 Å². The Morgan fingerprint density at radius 1 is 1.36 bits per heavy atom. The van der Waals surface area contributed by atoms with E-state index in [9.17, 15) is 14.4 Å². The van der Waals surface area contributed by atoms with Gasteiger partial charge in [-0.2, -0.15) is 0 Å². The molecule has 1 aromatic rings. The highest BCUT2D eigenvalue weighted by Crippen LogP contribution is 2.29. The van der Waals surface area contributed by atoms with Crippen molar-refractivity contribution >= 4 is 18.1 Å². The van der Waals surface area contributed by atoms with Crippen LogP contribution in [0.4, 0.5) is 0 Å². The number of aliphatic hydroxyl groups excluding tert-OH is 1. The van der Waals surface area contributed by atoms with Crippen LogP contribution in [0.1, 0.15) is 53.6 Å². The highest BCUT2D eigenvalue weighted by molar-refractivity contribution is 6.01. The zero-order chi connectivity index (χ0) is 18.2. The Morgan fingerprint density at radius 2 is 2.16 bits per heavy atom. The largest absolute Gasteiger partial charge is 0.396 e. The van der Waals surface area contributed by atoms with E-state index in [1.807, 2.05) is 12.1 Å². The molecule has 0 fully saturated rings. The average molecular weight is 346 g/mol. The zero-order valence-corrected chi connectivity index (χ0v) is 14.7. The first-order valence-corrected chi connectivity index (χ1v) is 8.81. The maximum absolute atomic E-state index is 12.8. The monoisotopic (exact) mass is 346 g/mol. The maximum Gasteiger partial charge on any atom is 0.255 e. The fourth-order valence-corrected chi connectivity index (χ4v) is 3.33. The van der Waals surface area contributed by atoms with E-state index in [1.54, 1.807) is 11.0 Å². The molecule has 1 aliphatic heterocycles. The number of hydrogen-bond donors (Lipinski definition) is 2. The molecule has 0 aliphatic carbocycles. The second kappa shape index (κ2) is 9.32. The van der Waals surface area contributed by atoms with Crippen molar-refractivity contribution in [1.29, 1.82) is 0 Å². The zero-order valence-electron chi connectivity index (χ0n) is 14.7. The molecule has 2 amide bonds. The number of aliphatic hydroxyl groups is 1. The molecule has 2 rings (SSSR count). The fraction of sp³-hybridized carbons (Fsp3) is 0.526. The molecule has 25 heavy (non-hydrogen) atoms. The van der Waals surface area contributed by atoms with Crippen LogP contribution in [-0.4, -0.2) is 47.8 Å². The van der Waals surface area contributed by atoms with Gasteiger partial charge in [-0.05, 0) is 42.9 Å². The van der Waals surface area contributed by atoms with Crippen LogP contribution in [0.3, 0.4) is 0 Å². The van der Waals surface area contributed by atoms with Crippen molar-refractivity contribution < 1.29 is 19.5 Å². The molecule has 0 saturated carbocycles.